The highest BCUT2D eigenvalue weighted by Crippen LogP contribution is 2.37. The largest absolute Gasteiger partial charge is 0.380 e. The summed E-state index contributed by atoms with van der Waals surface area (Å²) in [6.07, 6.45) is 0.612. The average Bonchev–Trinajstić information content (AvgIpc) is 2.34. The van der Waals surface area contributed by atoms with Gasteiger partial charge in [0.15, 0.2) is 0 Å². The lowest BCUT2D eigenvalue weighted by Gasteiger charge is -2.10. The van der Waals surface area contributed by atoms with Crippen LogP contribution in [0.4, 0.5) is 0 Å². The van der Waals surface area contributed by atoms with Gasteiger partial charge in [0.2, 0.25) is 0 Å². The van der Waals surface area contributed by atoms with Crippen molar-refractivity contribution in [2.24, 2.45) is 0 Å². The zero-order valence-corrected chi connectivity index (χ0v) is 13.1. The Morgan fingerprint density at radius 3 is 2.44 bits per heavy atom. The highest BCUT2D eigenvalue weighted by atomic mass is 35.5. The van der Waals surface area contributed by atoms with Crippen molar-refractivity contribution in [1.82, 2.24) is 5.32 Å². The van der Waals surface area contributed by atoms with Gasteiger partial charge in [0.05, 0.1) is 28.3 Å². The topological polar surface area (TPSA) is 21.3 Å². The van der Waals surface area contributed by atoms with E-state index in [0.717, 1.165) is 18.7 Å². The SMILES string of the molecule is CCNCCOCCc1c(Cl)cc(Cl)c(Cl)c1Cl. The van der Waals surface area contributed by atoms with E-state index in [-0.39, 0.29) is 0 Å². The van der Waals surface area contributed by atoms with E-state index in [9.17, 15) is 0 Å². The van der Waals surface area contributed by atoms with Crippen LogP contribution in [0.1, 0.15) is 12.5 Å². The molecule has 0 atom stereocenters. The number of halogens is 4. The molecule has 1 aromatic carbocycles. The molecular weight excluding hydrogens is 316 g/mol. The summed E-state index contributed by atoms with van der Waals surface area (Å²) < 4.78 is 5.46. The first-order valence-corrected chi connectivity index (χ1v) is 7.19. The third-order valence-corrected chi connectivity index (χ3v) is 4.02. The van der Waals surface area contributed by atoms with E-state index in [1.54, 1.807) is 6.07 Å². The van der Waals surface area contributed by atoms with Crippen LogP contribution in [0.25, 0.3) is 0 Å². The molecule has 0 saturated heterocycles. The van der Waals surface area contributed by atoms with Crippen molar-refractivity contribution in [1.29, 1.82) is 0 Å². The second-order valence-electron chi connectivity index (χ2n) is 3.66. The molecule has 1 aromatic rings. The van der Waals surface area contributed by atoms with E-state index >= 15 is 0 Å². The summed E-state index contributed by atoms with van der Waals surface area (Å²) in [4.78, 5) is 0. The molecule has 1 N–H and O–H groups in total. The molecular formula is C12H15Cl4NO. The predicted octanol–water partition coefficient (Wildman–Crippen LogP) is 4.47. The van der Waals surface area contributed by atoms with Crippen molar-refractivity contribution >= 4 is 46.4 Å². The quantitative estimate of drug-likeness (QED) is 0.452. The third-order valence-electron chi connectivity index (χ3n) is 2.38. The van der Waals surface area contributed by atoms with Crippen LogP contribution in [-0.4, -0.2) is 26.3 Å². The molecule has 0 spiro atoms. The van der Waals surface area contributed by atoms with Gasteiger partial charge < -0.3 is 10.1 Å². The van der Waals surface area contributed by atoms with Crippen LogP contribution in [0.3, 0.4) is 0 Å². The van der Waals surface area contributed by atoms with Gasteiger partial charge in [0.1, 0.15) is 0 Å². The third kappa shape index (κ3) is 4.76. The number of rotatable bonds is 7. The van der Waals surface area contributed by atoms with Gasteiger partial charge in [-0.25, -0.2) is 0 Å². The van der Waals surface area contributed by atoms with Gasteiger partial charge in [-0.15, -0.1) is 0 Å². The number of ether oxygens (including phenoxy) is 1. The molecule has 6 heteroatoms. The summed E-state index contributed by atoms with van der Waals surface area (Å²) in [5.74, 6) is 0. The fourth-order valence-corrected chi connectivity index (χ4v) is 2.55. The van der Waals surface area contributed by atoms with Crippen LogP contribution in [-0.2, 0) is 11.2 Å². The summed E-state index contributed by atoms with van der Waals surface area (Å²) in [6, 6.07) is 1.60. The molecule has 18 heavy (non-hydrogen) atoms. The monoisotopic (exact) mass is 329 g/mol. The summed E-state index contributed by atoms with van der Waals surface area (Å²) in [7, 11) is 0. The maximum atomic E-state index is 6.10. The lowest BCUT2D eigenvalue weighted by molar-refractivity contribution is 0.139. The smallest absolute Gasteiger partial charge is 0.0782 e. The Kier molecular flexibility index (Phi) is 7.69. The van der Waals surface area contributed by atoms with Crippen LogP contribution >= 0.6 is 46.4 Å². The minimum atomic E-state index is 0.338. The van der Waals surface area contributed by atoms with E-state index < -0.39 is 0 Å². The van der Waals surface area contributed by atoms with Crippen molar-refractivity contribution in [3.8, 4) is 0 Å². The maximum absolute atomic E-state index is 6.10. The lowest BCUT2D eigenvalue weighted by atomic mass is 10.1. The fourth-order valence-electron chi connectivity index (χ4n) is 1.43. The molecule has 102 valence electrons. The van der Waals surface area contributed by atoms with Gasteiger partial charge in [-0.3, -0.25) is 0 Å². The summed E-state index contributed by atoms with van der Waals surface area (Å²) in [5, 5.41) is 4.80. The molecule has 1 rings (SSSR count). The first-order chi connectivity index (χ1) is 8.57. The van der Waals surface area contributed by atoms with E-state index in [2.05, 4.69) is 12.2 Å². The zero-order chi connectivity index (χ0) is 13.5. The van der Waals surface area contributed by atoms with Gasteiger partial charge in [0, 0.05) is 11.6 Å². The minimum absolute atomic E-state index is 0.338. The van der Waals surface area contributed by atoms with Gasteiger partial charge in [-0.2, -0.15) is 0 Å². The first-order valence-electron chi connectivity index (χ1n) is 5.68. The van der Waals surface area contributed by atoms with Gasteiger partial charge in [0.25, 0.3) is 0 Å². The van der Waals surface area contributed by atoms with Crippen LogP contribution < -0.4 is 5.32 Å². The molecule has 0 fully saturated rings. The second kappa shape index (κ2) is 8.47. The highest BCUT2D eigenvalue weighted by Gasteiger charge is 2.13. The Bertz CT molecular complexity index is 398. The Balaban J connectivity index is 2.50. The van der Waals surface area contributed by atoms with Crippen LogP contribution in [0.2, 0.25) is 20.1 Å². The Labute approximate surface area is 127 Å². The zero-order valence-electron chi connectivity index (χ0n) is 10.0. The molecule has 0 aliphatic rings. The molecule has 0 aromatic heterocycles. The molecule has 0 aliphatic heterocycles. The van der Waals surface area contributed by atoms with E-state index in [0.29, 0.717) is 39.7 Å². The normalized spacial score (nSPS) is 10.9. The van der Waals surface area contributed by atoms with Crippen LogP contribution in [0.5, 0.6) is 0 Å². The minimum Gasteiger partial charge on any atom is -0.380 e. The molecule has 0 aliphatic carbocycles. The van der Waals surface area contributed by atoms with Crippen molar-refractivity contribution in [3.63, 3.8) is 0 Å². The van der Waals surface area contributed by atoms with Crippen molar-refractivity contribution in [3.05, 3.63) is 31.7 Å². The van der Waals surface area contributed by atoms with Crippen molar-refractivity contribution in [2.45, 2.75) is 13.3 Å². The summed E-state index contributed by atoms with van der Waals surface area (Å²) >= 11 is 24.0. The highest BCUT2D eigenvalue weighted by molar-refractivity contribution is 6.49. The molecule has 0 heterocycles. The number of likely N-dealkylation sites (N-methyl/N-ethyl adjacent to an activating group) is 1. The molecule has 0 radical (unpaired) electrons. The molecule has 0 bridgehead atoms. The van der Waals surface area contributed by atoms with Crippen LogP contribution in [0.15, 0.2) is 6.07 Å². The fraction of sp³-hybridized carbons (Fsp3) is 0.500. The Hall–Kier alpha value is 0.300. The van der Waals surface area contributed by atoms with Gasteiger partial charge in [-0.1, -0.05) is 53.3 Å². The summed E-state index contributed by atoms with van der Waals surface area (Å²) in [5.41, 5.74) is 0.774. The molecule has 2 nitrogen and oxygen atoms in total. The van der Waals surface area contributed by atoms with E-state index in [4.69, 9.17) is 51.1 Å². The number of nitrogens with one attached hydrogen (secondary N) is 1. The van der Waals surface area contributed by atoms with E-state index in [1.165, 1.54) is 0 Å². The number of hydrogen-bond donors (Lipinski definition) is 1. The lowest BCUT2D eigenvalue weighted by Crippen LogP contribution is -2.19. The van der Waals surface area contributed by atoms with Crippen LogP contribution in [0, 0.1) is 0 Å². The number of benzene rings is 1. The first kappa shape index (κ1) is 16.4. The van der Waals surface area contributed by atoms with Gasteiger partial charge in [-0.05, 0) is 24.6 Å². The molecule has 0 amide bonds. The molecule has 0 saturated carbocycles. The second-order valence-corrected chi connectivity index (χ2v) is 5.23. The average molecular weight is 331 g/mol. The molecule has 0 unspecified atom stereocenters. The van der Waals surface area contributed by atoms with Crippen molar-refractivity contribution in [2.75, 3.05) is 26.3 Å². The maximum Gasteiger partial charge on any atom is 0.0782 e. The standard InChI is InChI=1S/C12H15Cl4NO/c1-2-17-4-6-18-5-3-8-9(13)7-10(14)12(16)11(8)15/h7,17H,2-6H2,1H3. The summed E-state index contributed by atoms with van der Waals surface area (Å²) in [6.45, 7) is 5.02. The Morgan fingerprint density at radius 2 is 1.78 bits per heavy atom. The van der Waals surface area contributed by atoms with Crippen molar-refractivity contribution < 1.29 is 4.74 Å². The van der Waals surface area contributed by atoms with Gasteiger partial charge >= 0.3 is 0 Å². The van der Waals surface area contributed by atoms with E-state index in [1.807, 2.05) is 0 Å². The Morgan fingerprint density at radius 1 is 1.06 bits per heavy atom. The number of hydrogen-bond acceptors (Lipinski definition) is 2. The predicted molar refractivity (Wildman–Crippen MR) is 79.5 cm³/mol.